The van der Waals surface area contributed by atoms with Crippen molar-refractivity contribution in [2.24, 2.45) is 5.92 Å². The van der Waals surface area contributed by atoms with Crippen molar-refractivity contribution in [1.82, 2.24) is 4.98 Å². The maximum atomic E-state index is 13.0. The smallest absolute Gasteiger partial charge is 0.248 e. The normalized spacial score (nSPS) is 20.3. The minimum Gasteiger partial charge on any atom is -0.274 e. The summed E-state index contributed by atoms with van der Waals surface area (Å²) >= 11 is 1.40. The summed E-state index contributed by atoms with van der Waals surface area (Å²) in [7, 11) is 0. The highest BCUT2D eigenvalue weighted by atomic mass is 32.2. The lowest BCUT2D eigenvalue weighted by Gasteiger charge is -2.14. The number of hydrogen-bond acceptors (Lipinski definition) is 4. The molecule has 1 aromatic carbocycles. The summed E-state index contributed by atoms with van der Waals surface area (Å²) in [6.45, 7) is 2.14. The standard InChI is InChI=1S/C20H22N2O2S/c1-2-3-5-12-16-18(25-17-13-8-9-14-21-17)20(24)22(19(16)23)15-10-6-4-7-11-15/h4,6-11,13-14,16,18H,2-3,5,12H2,1H3/t16-,18-/m1/s1. The summed E-state index contributed by atoms with van der Waals surface area (Å²) in [5.41, 5.74) is 0.655. The molecule has 1 aliphatic rings. The number of rotatable bonds is 7. The molecule has 5 heteroatoms. The van der Waals surface area contributed by atoms with Crippen LogP contribution in [0.25, 0.3) is 0 Å². The lowest BCUT2D eigenvalue weighted by atomic mass is 9.99. The Morgan fingerprint density at radius 1 is 1.00 bits per heavy atom. The van der Waals surface area contributed by atoms with Gasteiger partial charge in [-0.25, -0.2) is 9.88 Å². The number of pyridine rings is 1. The fraction of sp³-hybridized carbons (Fsp3) is 0.350. The first-order valence-electron chi connectivity index (χ1n) is 8.73. The van der Waals surface area contributed by atoms with E-state index in [4.69, 9.17) is 0 Å². The van der Waals surface area contributed by atoms with Gasteiger partial charge >= 0.3 is 0 Å². The average Bonchev–Trinajstić information content (AvgIpc) is 2.87. The highest BCUT2D eigenvalue weighted by Crippen LogP contribution is 2.39. The monoisotopic (exact) mass is 354 g/mol. The van der Waals surface area contributed by atoms with Gasteiger partial charge in [0, 0.05) is 6.20 Å². The van der Waals surface area contributed by atoms with Gasteiger partial charge in [-0.15, -0.1) is 0 Å². The number of hydrogen-bond donors (Lipinski definition) is 0. The van der Waals surface area contributed by atoms with E-state index < -0.39 is 5.25 Å². The van der Waals surface area contributed by atoms with Crippen LogP contribution in [0.1, 0.15) is 32.6 Å². The van der Waals surface area contributed by atoms with E-state index >= 15 is 0 Å². The van der Waals surface area contributed by atoms with Crippen molar-refractivity contribution < 1.29 is 9.59 Å². The van der Waals surface area contributed by atoms with Gasteiger partial charge in [-0.1, -0.05) is 62.2 Å². The molecule has 0 bridgehead atoms. The number of unbranched alkanes of at least 4 members (excludes halogenated alkanes) is 2. The highest BCUT2D eigenvalue weighted by Gasteiger charge is 2.48. The Hall–Kier alpha value is -2.14. The van der Waals surface area contributed by atoms with Gasteiger partial charge in [0.2, 0.25) is 11.8 Å². The molecule has 1 aromatic heterocycles. The average molecular weight is 354 g/mol. The van der Waals surface area contributed by atoms with E-state index in [1.807, 2.05) is 48.5 Å². The molecule has 3 rings (SSSR count). The van der Waals surface area contributed by atoms with Crippen LogP contribution < -0.4 is 4.90 Å². The summed E-state index contributed by atoms with van der Waals surface area (Å²) in [6, 6.07) is 14.8. The van der Waals surface area contributed by atoms with Crippen molar-refractivity contribution in [3.8, 4) is 0 Å². The SMILES string of the molecule is CCCCC[C@H]1C(=O)N(c2ccccc2)C(=O)[C@@H]1Sc1ccccn1. The second-order valence-electron chi connectivity index (χ2n) is 6.16. The third-order valence-electron chi connectivity index (χ3n) is 4.39. The predicted molar refractivity (Wildman–Crippen MR) is 100 cm³/mol. The molecule has 25 heavy (non-hydrogen) atoms. The van der Waals surface area contributed by atoms with E-state index in [2.05, 4.69) is 11.9 Å². The molecule has 130 valence electrons. The number of thioether (sulfide) groups is 1. The molecular weight excluding hydrogens is 332 g/mol. The molecule has 2 amide bonds. The van der Waals surface area contributed by atoms with Gasteiger partial charge in [0.05, 0.1) is 16.6 Å². The number of benzene rings is 1. The Kier molecular flexibility index (Phi) is 5.87. The maximum Gasteiger partial charge on any atom is 0.248 e. The summed E-state index contributed by atoms with van der Waals surface area (Å²) < 4.78 is 0. The van der Waals surface area contributed by atoms with E-state index in [1.54, 1.807) is 6.20 Å². The molecule has 4 nitrogen and oxygen atoms in total. The van der Waals surface area contributed by atoms with Crippen LogP contribution in [0.4, 0.5) is 5.69 Å². The molecule has 2 aromatic rings. The quantitative estimate of drug-likeness (QED) is 0.549. The third-order valence-corrected chi connectivity index (χ3v) is 5.65. The highest BCUT2D eigenvalue weighted by molar-refractivity contribution is 8.00. The van der Waals surface area contributed by atoms with Crippen LogP contribution >= 0.6 is 11.8 Å². The third kappa shape index (κ3) is 3.93. The van der Waals surface area contributed by atoms with Gasteiger partial charge in [-0.2, -0.15) is 0 Å². The largest absolute Gasteiger partial charge is 0.274 e. The number of carbonyl (C=O) groups is 2. The Morgan fingerprint density at radius 3 is 2.44 bits per heavy atom. The minimum absolute atomic E-state index is 0.0827. The molecule has 0 radical (unpaired) electrons. The number of carbonyl (C=O) groups excluding carboxylic acids is 2. The first-order chi connectivity index (χ1) is 12.2. The number of amides is 2. The van der Waals surface area contributed by atoms with E-state index in [-0.39, 0.29) is 17.7 Å². The molecule has 0 aliphatic carbocycles. The maximum absolute atomic E-state index is 13.0. The summed E-state index contributed by atoms with van der Waals surface area (Å²) in [5.74, 6) is -0.500. The topological polar surface area (TPSA) is 50.3 Å². The number of anilines is 1. The molecule has 1 aliphatic heterocycles. The van der Waals surface area contributed by atoms with Gasteiger partial charge in [-0.05, 0) is 30.7 Å². The summed E-state index contributed by atoms with van der Waals surface area (Å²) in [6.07, 6.45) is 5.58. The van der Waals surface area contributed by atoms with Gasteiger partial charge in [-0.3, -0.25) is 9.59 Å². The molecular formula is C20H22N2O2S. The van der Waals surface area contributed by atoms with Crippen LogP contribution in [0.2, 0.25) is 0 Å². The molecule has 0 saturated carbocycles. The van der Waals surface area contributed by atoms with Crippen molar-refractivity contribution in [3.05, 3.63) is 54.7 Å². The Balaban J connectivity index is 1.86. The van der Waals surface area contributed by atoms with Crippen molar-refractivity contribution in [3.63, 3.8) is 0 Å². The van der Waals surface area contributed by atoms with Crippen molar-refractivity contribution in [1.29, 1.82) is 0 Å². The fourth-order valence-corrected chi connectivity index (χ4v) is 4.27. The molecule has 2 atom stereocenters. The zero-order chi connectivity index (χ0) is 17.6. The van der Waals surface area contributed by atoms with Crippen LogP contribution in [-0.4, -0.2) is 22.0 Å². The first-order valence-corrected chi connectivity index (χ1v) is 9.61. The van der Waals surface area contributed by atoms with E-state index in [1.165, 1.54) is 16.7 Å². The zero-order valence-electron chi connectivity index (χ0n) is 14.3. The van der Waals surface area contributed by atoms with Crippen molar-refractivity contribution >= 4 is 29.3 Å². The number of para-hydroxylation sites is 1. The van der Waals surface area contributed by atoms with Crippen molar-refractivity contribution in [2.45, 2.75) is 42.9 Å². The minimum atomic E-state index is -0.403. The van der Waals surface area contributed by atoms with Crippen LogP contribution in [0.5, 0.6) is 0 Å². The van der Waals surface area contributed by atoms with Gasteiger partial charge in [0.25, 0.3) is 0 Å². The van der Waals surface area contributed by atoms with Crippen LogP contribution in [0, 0.1) is 5.92 Å². The molecule has 0 spiro atoms. The number of nitrogens with zero attached hydrogens (tertiary/aromatic N) is 2. The molecule has 0 unspecified atom stereocenters. The van der Waals surface area contributed by atoms with E-state index in [0.29, 0.717) is 5.69 Å². The van der Waals surface area contributed by atoms with Gasteiger partial charge < -0.3 is 0 Å². The molecule has 1 fully saturated rings. The summed E-state index contributed by atoms with van der Waals surface area (Å²) in [5, 5.41) is 0.378. The first kappa shape index (κ1) is 17.7. The summed E-state index contributed by atoms with van der Waals surface area (Å²) in [4.78, 5) is 31.7. The fourth-order valence-electron chi connectivity index (χ4n) is 3.10. The molecule has 2 heterocycles. The number of aromatic nitrogens is 1. The predicted octanol–water partition coefficient (Wildman–Crippen LogP) is 4.31. The van der Waals surface area contributed by atoms with Gasteiger partial charge in [0.15, 0.2) is 0 Å². The zero-order valence-corrected chi connectivity index (χ0v) is 15.1. The Labute approximate surface area is 152 Å². The van der Waals surface area contributed by atoms with Crippen LogP contribution in [0.15, 0.2) is 59.8 Å². The Morgan fingerprint density at radius 2 is 1.76 bits per heavy atom. The van der Waals surface area contributed by atoms with Crippen molar-refractivity contribution in [2.75, 3.05) is 4.90 Å². The Bertz CT molecular complexity index is 721. The lowest BCUT2D eigenvalue weighted by Crippen LogP contribution is -2.31. The van der Waals surface area contributed by atoms with E-state index in [9.17, 15) is 9.59 Å². The molecule has 1 saturated heterocycles. The second kappa shape index (κ2) is 8.30. The second-order valence-corrected chi connectivity index (χ2v) is 7.32. The molecule has 0 N–H and O–H groups in total. The van der Waals surface area contributed by atoms with E-state index in [0.717, 1.165) is 30.7 Å². The lowest BCUT2D eigenvalue weighted by molar-refractivity contribution is -0.122. The van der Waals surface area contributed by atoms with Crippen LogP contribution in [0.3, 0.4) is 0 Å². The van der Waals surface area contributed by atoms with Crippen LogP contribution in [-0.2, 0) is 9.59 Å². The van der Waals surface area contributed by atoms with Gasteiger partial charge in [0.1, 0.15) is 5.25 Å². The number of imide groups is 1.